The lowest BCUT2D eigenvalue weighted by atomic mass is 10.1. The Morgan fingerprint density at radius 2 is 2.06 bits per heavy atom. The molecule has 1 aromatic heterocycles. The molecule has 0 aromatic carbocycles. The van der Waals surface area contributed by atoms with E-state index in [4.69, 9.17) is 4.74 Å². The molecule has 1 fully saturated rings. The highest BCUT2D eigenvalue weighted by Crippen LogP contribution is 2.16. The van der Waals surface area contributed by atoms with E-state index in [-0.39, 0.29) is 0 Å². The summed E-state index contributed by atoms with van der Waals surface area (Å²) in [6, 6.07) is 4.54. The lowest BCUT2D eigenvalue weighted by Gasteiger charge is -2.16. The second-order valence-corrected chi connectivity index (χ2v) is 4.68. The van der Waals surface area contributed by atoms with Crippen LogP contribution in [-0.4, -0.2) is 24.2 Å². The van der Waals surface area contributed by atoms with E-state index in [0.717, 1.165) is 18.9 Å². The molecule has 0 aliphatic heterocycles. The molecule has 3 nitrogen and oxygen atoms in total. The molecule has 1 heterocycles. The molecule has 0 bridgehead atoms. The number of ether oxygens (including phenoxy) is 1. The van der Waals surface area contributed by atoms with Crippen molar-refractivity contribution in [2.75, 3.05) is 13.2 Å². The second-order valence-electron chi connectivity index (χ2n) is 4.68. The SMILES string of the molecule is c1cncc(OCCNC2CCCCCC2)c1. The van der Waals surface area contributed by atoms with Crippen molar-refractivity contribution in [3.8, 4) is 5.75 Å². The first kappa shape index (κ1) is 12.4. The summed E-state index contributed by atoms with van der Waals surface area (Å²) in [7, 11) is 0. The van der Waals surface area contributed by atoms with Crippen LogP contribution in [0.25, 0.3) is 0 Å². The summed E-state index contributed by atoms with van der Waals surface area (Å²) in [5, 5.41) is 3.59. The summed E-state index contributed by atoms with van der Waals surface area (Å²) in [4.78, 5) is 4.02. The molecule has 17 heavy (non-hydrogen) atoms. The molecule has 1 aliphatic rings. The van der Waals surface area contributed by atoms with Crippen LogP contribution in [0.5, 0.6) is 5.75 Å². The molecule has 0 amide bonds. The van der Waals surface area contributed by atoms with E-state index in [1.54, 1.807) is 12.4 Å². The van der Waals surface area contributed by atoms with Crippen LogP contribution >= 0.6 is 0 Å². The minimum atomic E-state index is 0.704. The van der Waals surface area contributed by atoms with Gasteiger partial charge in [0, 0.05) is 18.8 Å². The van der Waals surface area contributed by atoms with Crippen molar-refractivity contribution >= 4 is 0 Å². The number of pyridine rings is 1. The Morgan fingerprint density at radius 1 is 1.24 bits per heavy atom. The van der Waals surface area contributed by atoms with E-state index in [9.17, 15) is 0 Å². The summed E-state index contributed by atoms with van der Waals surface area (Å²) in [6.07, 6.45) is 11.7. The predicted octanol–water partition coefficient (Wildman–Crippen LogP) is 2.77. The highest BCUT2D eigenvalue weighted by atomic mass is 16.5. The van der Waals surface area contributed by atoms with E-state index in [0.29, 0.717) is 6.04 Å². The number of rotatable bonds is 5. The third kappa shape index (κ3) is 4.73. The monoisotopic (exact) mass is 234 g/mol. The molecule has 94 valence electrons. The maximum atomic E-state index is 5.60. The van der Waals surface area contributed by atoms with Crippen molar-refractivity contribution in [1.82, 2.24) is 10.3 Å². The van der Waals surface area contributed by atoms with E-state index in [1.165, 1.54) is 38.5 Å². The van der Waals surface area contributed by atoms with Gasteiger partial charge in [-0.2, -0.15) is 0 Å². The normalized spacial score (nSPS) is 17.6. The van der Waals surface area contributed by atoms with Gasteiger partial charge in [0.15, 0.2) is 0 Å². The number of nitrogens with one attached hydrogen (secondary N) is 1. The Labute approximate surface area is 104 Å². The molecule has 0 saturated heterocycles. The van der Waals surface area contributed by atoms with Crippen molar-refractivity contribution in [1.29, 1.82) is 0 Å². The van der Waals surface area contributed by atoms with Gasteiger partial charge in [0.25, 0.3) is 0 Å². The van der Waals surface area contributed by atoms with Crippen LogP contribution < -0.4 is 10.1 Å². The molecule has 0 atom stereocenters. The van der Waals surface area contributed by atoms with Crippen LogP contribution in [0.3, 0.4) is 0 Å². The fourth-order valence-corrected chi connectivity index (χ4v) is 2.35. The lowest BCUT2D eigenvalue weighted by molar-refractivity contribution is 0.299. The Hall–Kier alpha value is -1.09. The minimum absolute atomic E-state index is 0.704. The van der Waals surface area contributed by atoms with Crippen LogP contribution in [0.4, 0.5) is 0 Å². The topological polar surface area (TPSA) is 34.1 Å². The zero-order valence-corrected chi connectivity index (χ0v) is 10.4. The van der Waals surface area contributed by atoms with Crippen molar-refractivity contribution in [3.05, 3.63) is 24.5 Å². The zero-order chi connectivity index (χ0) is 11.8. The van der Waals surface area contributed by atoms with E-state index in [2.05, 4.69) is 10.3 Å². The summed E-state index contributed by atoms with van der Waals surface area (Å²) in [5.74, 6) is 0.857. The van der Waals surface area contributed by atoms with Gasteiger partial charge in [-0.25, -0.2) is 0 Å². The van der Waals surface area contributed by atoms with Crippen molar-refractivity contribution in [3.63, 3.8) is 0 Å². The molecule has 1 aliphatic carbocycles. The van der Waals surface area contributed by atoms with Gasteiger partial charge in [-0.3, -0.25) is 4.98 Å². The largest absolute Gasteiger partial charge is 0.491 e. The highest BCUT2D eigenvalue weighted by molar-refractivity contribution is 5.15. The maximum absolute atomic E-state index is 5.60. The van der Waals surface area contributed by atoms with Crippen LogP contribution in [-0.2, 0) is 0 Å². The first-order valence-electron chi connectivity index (χ1n) is 6.71. The first-order valence-corrected chi connectivity index (χ1v) is 6.71. The quantitative estimate of drug-likeness (QED) is 0.628. The predicted molar refractivity (Wildman–Crippen MR) is 69.2 cm³/mol. The van der Waals surface area contributed by atoms with Crippen molar-refractivity contribution in [2.24, 2.45) is 0 Å². The number of hydrogen-bond acceptors (Lipinski definition) is 3. The van der Waals surface area contributed by atoms with Gasteiger partial charge in [-0.1, -0.05) is 25.7 Å². The molecule has 0 unspecified atom stereocenters. The summed E-state index contributed by atoms with van der Waals surface area (Å²) >= 11 is 0. The van der Waals surface area contributed by atoms with E-state index >= 15 is 0 Å². The third-order valence-corrected chi connectivity index (χ3v) is 3.29. The Morgan fingerprint density at radius 3 is 2.76 bits per heavy atom. The van der Waals surface area contributed by atoms with Crippen LogP contribution in [0, 0.1) is 0 Å². The van der Waals surface area contributed by atoms with Gasteiger partial charge in [-0.15, -0.1) is 0 Å². The Balaban J connectivity index is 1.59. The lowest BCUT2D eigenvalue weighted by Crippen LogP contribution is -2.32. The molecule has 0 spiro atoms. The summed E-state index contributed by atoms with van der Waals surface area (Å²) in [6.45, 7) is 1.65. The van der Waals surface area contributed by atoms with Crippen molar-refractivity contribution in [2.45, 2.75) is 44.6 Å². The van der Waals surface area contributed by atoms with E-state index < -0.39 is 0 Å². The fraction of sp³-hybridized carbons (Fsp3) is 0.643. The molecule has 1 saturated carbocycles. The van der Waals surface area contributed by atoms with Crippen molar-refractivity contribution < 1.29 is 4.74 Å². The maximum Gasteiger partial charge on any atom is 0.137 e. The van der Waals surface area contributed by atoms with Crippen LogP contribution in [0.1, 0.15) is 38.5 Å². The molecular formula is C14H22N2O. The fourth-order valence-electron chi connectivity index (χ4n) is 2.35. The van der Waals surface area contributed by atoms with Gasteiger partial charge < -0.3 is 10.1 Å². The van der Waals surface area contributed by atoms with Gasteiger partial charge in [0.1, 0.15) is 12.4 Å². The Bertz CT molecular complexity index is 294. The van der Waals surface area contributed by atoms with Crippen LogP contribution in [0.15, 0.2) is 24.5 Å². The molecule has 1 aromatic rings. The van der Waals surface area contributed by atoms with Gasteiger partial charge >= 0.3 is 0 Å². The van der Waals surface area contributed by atoms with Gasteiger partial charge in [0.05, 0.1) is 6.20 Å². The van der Waals surface area contributed by atoms with Gasteiger partial charge in [-0.05, 0) is 25.0 Å². The molecule has 3 heteroatoms. The minimum Gasteiger partial charge on any atom is -0.491 e. The van der Waals surface area contributed by atoms with E-state index in [1.807, 2.05) is 12.1 Å². The third-order valence-electron chi connectivity index (χ3n) is 3.29. The molecular weight excluding hydrogens is 212 g/mol. The average molecular weight is 234 g/mol. The van der Waals surface area contributed by atoms with Gasteiger partial charge in [0.2, 0.25) is 0 Å². The summed E-state index contributed by atoms with van der Waals surface area (Å²) in [5.41, 5.74) is 0. The van der Waals surface area contributed by atoms with Crippen LogP contribution in [0.2, 0.25) is 0 Å². The summed E-state index contributed by atoms with van der Waals surface area (Å²) < 4.78 is 5.60. The molecule has 2 rings (SSSR count). The second kappa shape index (κ2) is 7.28. The average Bonchev–Trinajstić information content (AvgIpc) is 2.65. The smallest absolute Gasteiger partial charge is 0.137 e. The Kier molecular flexibility index (Phi) is 5.30. The standard InChI is InChI=1S/C14H22N2O/c1-2-4-7-13(6-3-1)16-10-11-17-14-8-5-9-15-12-14/h5,8-9,12-13,16H,1-4,6-7,10-11H2. The zero-order valence-electron chi connectivity index (χ0n) is 10.4. The number of nitrogens with zero attached hydrogens (tertiary/aromatic N) is 1. The number of hydrogen-bond donors (Lipinski definition) is 1. The molecule has 0 radical (unpaired) electrons. The first-order chi connectivity index (χ1) is 8.45. The molecule has 1 N–H and O–H groups in total. The number of aromatic nitrogens is 1. The highest BCUT2D eigenvalue weighted by Gasteiger charge is 2.10.